The van der Waals surface area contributed by atoms with Gasteiger partial charge in [-0.15, -0.1) is 0 Å². The first-order valence-electron chi connectivity index (χ1n) is 5.51. The maximum atomic E-state index is 13.4. The van der Waals surface area contributed by atoms with Gasteiger partial charge in [0.25, 0.3) is 0 Å². The largest absolute Gasteiger partial charge is 0.494 e. The molecule has 0 fully saturated rings. The summed E-state index contributed by atoms with van der Waals surface area (Å²) in [4.78, 5) is 21.7. The Labute approximate surface area is 109 Å². The van der Waals surface area contributed by atoms with Crippen LogP contribution in [0.15, 0.2) is 18.2 Å². The molecule has 0 heterocycles. The van der Waals surface area contributed by atoms with Crippen LogP contribution in [0.5, 0.6) is 5.75 Å². The summed E-state index contributed by atoms with van der Waals surface area (Å²) in [6.07, 6.45) is 0. The minimum atomic E-state index is -1.17. The van der Waals surface area contributed by atoms with Crippen LogP contribution in [-0.4, -0.2) is 36.7 Å². The summed E-state index contributed by atoms with van der Waals surface area (Å²) in [5.74, 6) is -2.08. The van der Waals surface area contributed by atoms with Gasteiger partial charge in [-0.2, -0.15) is 0 Å². The summed E-state index contributed by atoms with van der Waals surface area (Å²) in [7, 11) is 1.35. The molecule has 0 aliphatic rings. The molecular weight excluding hydrogens is 255 g/mol. The summed E-state index contributed by atoms with van der Waals surface area (Å²) in [6, 6.07) is 3.08. The Morgan fingerprint density at radius 1 is 1.47 bits per heavy atom. The highest BCUT2D eigenvalue weighted by molar-refractivity contribution is 5.82. The van der Waals surface area contributed by atoms with E-state index in [-0.39, 0.29) is 12.3 Å². The van der Waals surface area contributed by atoms with Crippen molar-refractivity contribution in [2.45, 2.75) is 13.0 Å². The maximum absolute atomic E-state index is 13.4. The summed E-state index contributed by atoms with van der Waals surface area (Å²) in [6.45, 7) is 1.17. The molecule has 0 aliphatic carbocycles. The van der Waals surface area contributed by atoms with E-state index in [0.717, 1.165) is 0 Å². The number of carbonyl (C=O) groups excluding carboxylic acids is 1. The molecule has 0 spiro atoms. The van der Waals surface area contributed by atoms with E-state index in [2.05, 4.69) is 10.6 Å². The molecule has 1 atom stereocenters. The molecule has 6 nitrogen and oxygen atoms in total. The number of anilines is 1. The third-order valence-electron chi connectivity index (χ3n) is 2.34. The van der Waals surface area contributed by atoms with Gasteiger partial charge in [0.1, 0.15) is 6.04 Å². The van der Waals surface area contributed by atoms with Crippen LogP contribution in [0.1, 0.15) is 6.92 Å². The second kappa shape index (κ2) is 6.58. The van der Waals surface area contributed by atoms with Gasteiger partial charge in [-0.1, -0.05) is 0 Å². The average molecular weight is 270 g/mol. The normalized spacial score (nSPS) is 11.5. The lowest BCUT2D eigenvalue weighted by molar-refractivity contribution is -0.141. The Balaban J connectivity index is 2.66. The standard InChI is InChI=1S/C12H15FN2O4/c1-7(16)15-10(12(17)18)6-14-8-3-4-11(19-2)9(13)5-8/h3-5,10,14H,6H2,1-2H3,(H,15,16)(H,17,18). The summed E-state index contributed by atoms with van der Waals surface area (Å²) in [5, 5.41) is 13.9. The highest BCUT2D eigenvalue weighted by atomic mass is 19.1. The van der Waals surface area contributed by atoms with Gasteiger partial charge in [0.15, 0.2) is 11.6 Å². The first-order valence-corrected chi connectivity index (χ1v) is 5.51. The third kappa shape index (κ3) is 4.46. The first-order chi connectivity index (χ1) is 8.93. The number of nitrogens with one attached hydrogen (secondary N) is 2. The maximum Gasteiger partial charge on any atom is 0.328 e. The summed E-state index contributed by atoms with van der Waals surface area (Å²) in [5.41, 5.74) is 0.398. The van der Waals surface area contributed by atoms with Crippen molar-refractivity contribution in [1.29, 1.82) is 0 Å². The fourth-order valence-corrected chi connectivity index (χ4v) is 1.44. The number of benzene rings is 1. The molecule has 19 heavy (non-hydrogen) atoms. The van der Waals surface area contributed by atoms with Crippen molar-refractivity contribution in [2.75, 3.05) is 19.0 Å². The molecule has 1 unspecified atom stereocenters. The molecule has 7 heteroatoms. The second-order valence-electron chi connectivity index (χ2n) is 3.82. The van der Waals surface area contributed by atoms with Gasteiger partial charge in [-0.25, -0.2) is 9.18 Å². The van der Waals surface area contributed by atoms with Gasteiger partial charge in [0.2, 0.25) is 5.91 Å². The fourth-order valence-electron chi connectivity index (χ4n) is 1.44. The zero-order valence-corrected chi connectivity index (χ0v) is 10.6. The predicted molar refractivity (Wildman–Crippen MR) is 66.7 cm³/mol. The molecular formula is C12H15FN2O4. The van der Waals surface area contributed by atoms with Crippen LogP contribution in [0.4, 0.5) is 10.1 Å². The van der Waals surface area contributed by atoms with Gasteiger partial charge >= 0.3 is 5.97 Å². The van der Waals surface area contributed by atoms with Crippen molar-refractivity contribution in [3.63, 3.8) is 0 Å². The molecule has 3 N–H and O–H groups in total. The Bertz CT molecular complexity index is 479. The number of ether oxygens (including phenoxy) is 1. The van der Waals surface area contributed by atoms with E-state index < -0.39 is 23.7 Å². The van der Waals surface area contributed by atoms with Crippen LogP contribution in [0, 0.1) is 5.82 Å². The number of carboxylic acids is 1. The molecule has 0 aromatic heterocycles. The number of halogens is 1. The Hall–Kier alpha value is -2.31. The van der Waals surface area contributed by atoms with E-state index in [0.29, 0.717) is 5.69 Å². The second-order valence-corrected chi connectivity index (χ2v) is 3.82. The van der Waals surface area contributed by atoms with Crippen molar-refractivity contribution in [1.82, 2.24) is 5.32 Å². The van der Waals surface area contributed by atoms with Gasteiger partial charge in [0.05, 0.1) is 7.11 Å². The predicted octanol–water partition coefficient (Wildman–Crippen LogP) is 0.835. The van der Waals surface area contributed by atoms with Gasteiger partial charge in [-0.3, -0.25) is 4.79 Å². The molecule has 0 aliphatic heterocycles. The number of hydrogen-bond acceptors (Lipinski definition) is 4. The van der Waals surface area contributed by atoms with Crippen molar-refractivity contribution in [2.24, 2.45) is 0 Å². The molecule has 0 saturated heterocycles. The number of aliphatic carboxylic acids is 1. The number of hydrogen-bond donors (Lipinski definition) is 3. The van der Waals surface area contributed by atoms with Crippen LogP contribution in [-0.2, 0) is 9.59 Å². The van der Waals surface area contributed by atoms with Crippen molar-refractivity contribution < 1.29 is 23.8 Å². The quantitative estimate of drug-likeness (QED) is 0.713. The molecule has 1 aromatic carbocycles. The lowest BCUT2D eigenvalue weighted by atomic mass is 10.2. The molecule has 104 valence electrons. The smallest absolute Gasteiger partial charge is 0.328 e. The number of carbonyl (C=O) groups is 2. The van der Waals surface area contributed by atoms with Crippen molar-refractivity contribution in [3.8, 4) is 5.75 Å². The van der Waals surface area contributed by atoms with Gasteiger partial charge in [0, 0.05) is 25.2 Å². The fraction of sp³-hybridized carbons (Fsp3) is 0.333. The highest BCUT2D eigenvalue weighted by Crippen LogP contribution is 2.20. The van der Waals surface area contributed by atoms with Crippen LogP contribution >= 0.6 is 0 Å². The Kier molecular flexibility index (Phi) is 5.11. The first kappa shape index (κ1) is 14.7. The van der Waals surface area contributed by atoms with E-state index in [1.165, 1.54) is 26.2 Å². The van der Waals surface area contributed by atoms with Gasteiger partial charge in [-0.05, 0) is 12.1 Å². The zero-order chi connectivity index (χ0) is 14.4. The molecule has 0 saturated carbocycles. The molecule has 1 aromatic rings. The molecule has 0 radical (unpaired) electrons. The lowest BCUT2D eigenvalue weighted by Crippen LogP contribution is -2.44. The van der Waals surface area contributed by atoms with E-state index in [9.17, 15) is 14.0 Å². The van der Waals surface area contributed by atoms with Gasteiger partial charge < -0.3 is 20.5 Å². The molecule has 1 rings (SSSR count). The third-order valence-corrected chi connectivity index (χ3v) is 2.34. The Morgan fingerprint density at radius 3 is 2.63 bits per heavy atom. The number of carboxylic acid groups (broad SMARTS) is 1. The topological polar surface area (TPSA) is 87.7 Å². The summed E-state index contributed by atoms with van der Waals surface area (Å²) >= 11 is 0. The van der Waals surface area contributed by atoms with E-state index in [1.54, 1.807) is 6.07 Å². The van der Waals surface area contributed by atoms with Crippen LogP contribution in [0.2, 0.25) is 0 Å². The number of amides is 1. The Morgan fingerprint density at radius 2 is 2.16 bits per heavy atom. The average Bonchev–Trinajstić information content (AvgIpc) is 2.34. The van der Waals surface area contributed by atoms with Crippen LogP contribution < -0.4 is 15.4 Å². The molecule has 1 amide bonds. The minimum absolute atomic E-state index is 0.0549. The highest BCUT2D eigenvalue weighted by Gasteiger charge is 2.18. The van der Waals surface area contributed by atoms with Crippen LogP contribution in [0.3, 0.4) is 0 Å². The SMILES string of the molecule is COc1ccc(NCC(NC(C)=O)C(=O)O)cc1F. The number of methoxy groups -OCH3 is 1. The molecule has 0 bridgehead atoms. The van der Waals surface area contributed by atoms with Crippen molar-refractivity contribution in [3.05, 3.63) is 24.0 Å². The minimum Gasteiger partial charge on any atom is -0.494 e. The van der Waals surface area contributed by atoms with Crippen LogP contribution in [0.25, 0.3) is 0 Å². The zero-order valence-electron chi connectivity index (χ0n) is 10.6. The van der Waals surface area contributed by atoms with E-state index in [4.69, 9.17) is 9.84 Å². The number of rotatable bonds is 6. The lowest BCUT2D eigenvalue weighted by Gasteiger charge is -2.15. The monoisotopic (exact) mass is 270 g/mol. The van der Waals surface area contributed by atoms with E-state index >= 15 is 0 Å². The summed E-state index contributed by atoms with van der Waals surface area (Å²) < 4.78 is 18.2. The van der Waals surface area contributed by atoms with E-state index in [1.807, 2.05) is 0 Å². The van der Waals surface area contributed by atoms with Crippen molar-refractivity contribution >= 4 is 17.6 Å².